The number of hydrogen-bond donors (Lipinski definition) is 3. The van der Waals surface area contributed by atoms with Gasteiger partial charge in [0.05, 0.1) is 10.6 Å². The second-order valence-electron chi connectivity index (χ2n) is 14.0. The summed E-state index contributed by atoms with van der Waals surface area (Å²) in [5.74, 6) is -2.70. The number of carboxylic acids is 1. The first kappa shape index (κ1) is 34.3. The highest BCUT2D eigenvalue weighted by atomic mass is 35.5. The molecule has 4 aromatic carbocycles. The van der Waals surface area contributed by atoms with Crippen LogP contribution in [0.4, 0.5) is 20.6 Å². The molecule has 3 amide bonds. The average molecular weight is 704 g/mol. The Balaban J connectivity index is 1.52. The number of nitrogens with two attached hydrogens (primary N) is 1. The molecular weight excluding hydrogens is 666 g/mol. The van der Waals surface area contributed by atoms with E-state index in [1.54, 1.807) is 71.6 Å². The van der Waals surface area contributed by atoms with Crippen molar-refractivity contribution in [3.8, 4) is 0 Å². The molecule has 49 heavy (non-hydrogen) atoms. The first-order valence-corrected chi connectivity index (χ1v) is 16.7. The Bertz CT molecular complexity index is 1950. The number of carbonyl (C=O) groups excluding carboxylic acids is 2. The highest BCUT2D eigenvalue weighted by Crippen LogP contribution is 2.59. The summed E-state index contributed by atoms with van der Waals surface area (Å²) in [5, 5.41) is 13.5. The van der Waals surface area contributed by atoms with Gasteiger partial charge in [-0.1, -0.05) is 80.4 Å². The fraction of sp³-hybridized carbons (Fsp3) is 0.289. The van der Waals surface area contributed by atoms with Gasteiger partial charge in [-0.3, -0.25) is 4.79 Å². The molecule has 2 aliphatic heterocycles. The minimum Gasteiger partial charge on any atom is -0.478 e. The van der Waals surface area contributed by atoms with Gasteiger partial charge >= 0.3 is 12.0 Å². The quantitative estimate of drug-likeness (QED) is 0.179. The van der Waals surface area contributed by atoms with Crippen molar-refractivity contribution in [3.63, 3.8) is 0 Å². The van der Waals surface area contributed by atoms with Crippen LogP contribution in [0.2, 0.25) is 10.0 Å². The number of likely N-dealkylation sites (tertiary alicyclic amines) is 1. The molecule has 8 nitrogen and oxygen atoms in total. The van der Waals surface area contributed by atoms with E-state index in [0.29, 0.717) is 40.4 Å². The summed E-state index contributed by atoms with van der Waals surface area (Å²) in [6.45, 7) is 7.08. The van der Waals surface area contributed by atoms with Crippen molar-refractivity contribution in [2.24, 2.45) is 11.1 Å². The van der Waals surface area contributed by atoms with E-state index in [4.69, 9.17) is 28.9 Å². The van der Waals surface area contributed by atoms with E-state index in [0.717, 1.165) is 11.3 Å². The minimum absolute atomic E-state index is 0.0148. The van der Waals surface area contributed by atoms with Crippen LogP contribution in [0.5, 0.6) is 0 Å². The molecule has 1 saturated heterocycles. The molecule has 6 rings (SSSR count). The zero-order chi connectivity index (χ0) is 35.2. The Kier molecular flexibility index (Phi) is 9.11. The van der Waals surface area contributed by atoms with Crippen LogP contribution in [0.15, 0.2) is 84.9 Å². The van der Waals surface area contributed by atoms with Crippen LogP contribution in [-0.2, 0) is 12.0 Å². The van der Waals surface area contributed by atoms with Gasteiger partial charge in [0, 0.05) is 59.0 Å². The molecule has 1 spiro atoms. The second-order valence-corrected chi connectivity index (χ2v) is 14.9. The zero-order valence-electron chi connectivity index (χ0n) is 27.3. The number of halogens is 3. The van der Waals surface area contributed by atoms with Crippen LogP contribution < -0.4 is 16.0 Å². The number of primary amides is 1. The number of benzene rings is 4. The standard InChI is InChI=1S/C38H37Cl2FN4O4/c1-37(2,3)18-32-38(21-44(31-17-24(39)13-16-28(31)38)19-23-7-4-5-8-26(23)35(47)48)29(27-9-6-10-30(40)33(27)41)20-45(32)36(49)43-25-14-11-22(12-15-25)34(42)46/h4-17,29,32H,18-21H2,1-3H3,(H2,42,46)(H,43,49)(H,47,48). The number of hydrogen-bond acceptors (Lipinski definition) is 4. The fourth-order valence-corrected chi connectivity index (χ4v) is 7.96. The summed E-state index contributed by atoms with van der Waals surface area (Å²) >= 11 is 13.0. The van der Waals surface area contributed by atoms with Crippen LogP contribution in [0, 0.1) is 11.2 Å². The minimum atomic E-state index is -1.03. The normalized spacial score (nSPS) is 20.0. The molecule has 3 atom stereocenters. The third-order valence-electron chi connectivity index (χ3n) is 9.68. The lowest BCUT2D eigenvalue weighted by Crippen LogP contribution is -2.51. The lowest BCUT2D eigenvalue weighted by Gasteiger charge is -2.41. The third-order valence-corrected chi connectivity index (χ3v) is 10.2. The first-order valence-electron chi connectivity index (χ1n) is 16.0. The number of urea groups is 1. The van der Waals surface area contributed by atoms with Crippen LogP contribution >= 0.6 is 23.2 Å². The van der Waals surface area contributed by atoms with E-state index in [2.05, 4.69) is 31.0 Å². The molecule has 0 aromatic heterocycles. The number of rotatable bonds is 7. The molecule has 2 heterocycles. The Morgan fingerprint density at radius 2 is 1.71 bits per heavy atom. The van der Waals surface area contributed by atoms with Gasteiger partial charge in [-0.2, -0.15) is 0 Å². The molecule has 4 aromatic rings. The zero-order valence-corrected chi connectivity index (χ0v) is 28.9. The fourth-order valence-electron chi connectivity index (χ4n) is 7.61. The van der Waals surface area contributed by atoms with Gasteiger partial charge in [0.15, 0.2) is 0 Å². The van der Waals surface area contributed by atoms with Crippen molar-refractivity contribution in [1.82, 2.24) is 4.90 Å². The molecule has 4 N–H and O–H groups in total. The average Bonchev–Trinajstić information content (AvgIpc) is 3.52. The summed E-state index contributed by atoms with van der Waals surface area (Å²) in [6, 6.07) is 22.9. The Hall–Kier alpha value is -4.60. The lowest BCUT2D eigenvalue weighted by molar-refractivity contribution is 0.0695. The highest BCUT2D eigenvalue weighted by molar-refractivity contribution is 6.31. The van der Waals surface area contributed by atoms with Crippen LogP contribution in [0.1, 0.15) is 70.5 Å². The summed E-state index contributed by atoms with van der Waals surface area (Å²) in [4.78, 5) is 42.1. The van der Waals surface area contributed by atoms with E-state index in [9.17, 15) is 19.5 Å². The van der Waals surface area contributed by atoms with Crippen molar-refractivity contribution in [1.29, 1.82) is 0 Å². The Labute approximate surface area is 294 Å². The molecule has 11 heteroatoms. The molecular formula is C38H37Cl2FN4O4. The highest BCUT2D eigenvalue weighted by Gasteiger charge is 2.62. The Morgan fingerprint density at radius 3 is 2.39 bits per heavy atom. The van der Waals surface area contributed by atoms with Gasteiger partial charge in [0.2, 0.25) is 5.91 Å². The maximum Gasteiger partial charge on any atom is 0.336 e. The van der Waals surface area contributed by atoms with E-state index >= 15 is 4.39 Å². The molecule has 1 fully saturated rings. The monoisotopic (exact) mass is 702 g/mol. The van der Waals surface area contributed by atoms with Crippen molar-refractivity contribution < 1.29 is 23.9 Å². The first-order chi connectivity index (χ1) is 23.2. The topological polar surface area (TPSA) is 116 Å². The predicted octanol–water partition coefficient (Wildman–Crippen LogP) is 8.32. The number of amides is 3. The van der Waals surface area contributed by atoms with Gasteiger partial charge < -0.3 is 26.0 Å². The van der Waals surface area contributed by atoms with Gasteiger partial charge in [0.1, 0.15) is 5.82 Å². The van der Waals surface area contributed by atoms with E-state index < -0.39 is 35.1 Å². The van der Waals surface area contributed by atoms with Crippen molar-refractivity contribution >= 4 is 52.5 Å². The van der Waals surface area contributed by atoms with E-state index in [-0.39, 0.29) is 35.1 Å². The van der Waals surface area contributed by atoms with Crippen LogP contribution in [0.25, 0.3) is 0 Å². The molecule has 0 bridgehead atoms. The number of anilines is 2. The van der Waals surface area contributed by atoms with Gasteiger partial charge in [-0.05, 0) is 77.1 Å². The number of aromatic carboxylic acids is 1. The number of carbonyl (C=O) groups is 3. The summed E-state index contributed by atoms with van der Waals surface area (Å²) < 4.78 is 16.2. The third kappa shape index (κ3) is 6.45. The van der Waals surface area contributed by atoms with Crippen LogP contribution in [0.3, 0.4) is 0 Å². The number of fused-ring (bicyclic) bond motifs is 2. The van der Waals surface area contributed by atoms with Gasteiger partial charge in [0.25, 0.3) is 0 Å². The predicted molar refractivity (Wildman–Crippen MR) is 190 cm³/mol. The summed E-state index contributed by atoms with van der Waals surface area (Å²) in [7, 11) is 0. The van der Waals surface area contributed by atoms with Crippen molar-refractivity contribution in [2.45, 2.75) is 51.1 Å². The number of nitrogens with one attached hydrogen (secondary N) is 1. The lowest BCUT2D eigenvalue weighted by atomic mass is 9.64. The maximum absolute atomic E-state index is 16.2. The molecule has 2 aliphatic rings. The summed E-state index contributed by atoms with van der Waals surface area (Å²) in [5.41, 5.74) is 7.95. The largest absolute Gasteiger partial charge is 0.478 e. The van der Waals surface area contributed by atoms with Crippen molar-refractivity contribution in [3.05, 3.63) is 129 Å². The SMILES string of the molecule is CC(C)(C)CC1N(C(=O)Nc2ccc(C(N)=O)cc2)CC(c2cccc(Cl)c2F)C12CN(Cc1ccccc1C(=O)O)c1cc(Cl)ccc12. The summed E-state index contributed by atoms with van der Waals surface area (Å²) in [6.07, 6.45) is 0.557. The van der Waals surface area contributed by atoms with Gasteiger partial charge in [-0.25, -0.2) is 14.0 Å². The molecule has 0 saturated carbocycles. The number of nitrogens with zero attached hydrogens (tertiary/aromatic N) is 2. The molecule has 0 aliphatic carbocycles. The molecule has 3 unspecified atom stereocenters. The smallest absolute Gasteiger partial charge is 0.336 e. The van der Waals surface area contributed by atoms with E-state index in [1.165, 1.54) is 6.07 Å². The van der Waals surface area contributed by atoms with E-state index in [1.807, 2.05) is 12.1 Å². The maximum atomic E-state index is 16.2. The molecule has 254 valence electrons. The molecule has 0 radical (unpaired) electrons. The number of carboxylic acid groups (broad SMARTS) is 1. The van der Waals surface area contributed by atoms with Crippen LogP contribution in [-0.4, -0.2) is 47.0 Å². The second kappa shape index (κ2) is 13.0. The van der Waals surface area contributed by atoms with Crippen molar-refractivity contribution in [2.75, 3.05) is 23.3 Å². The van der Waals surface area contributed by atoms with Gasteiger partial charge in [-0.15, -0.1) is 0 Å². The Morgan fingerprint density at radius 1 is 1.00 bits per heavy atom.